The van der Waals surface area contributed by atoms with Gasteiger partial charge in [0, 0.05) is 32.5 Å². The zero-order valence-electron chi connectivity index (χ0n) is 33.4. The highest BCUT2D eigenvalue weighted by Crippen LogP contribution is 2.38. The standard InChI is InChI=1S/C37H61N3O14/c1-10-37(7,34(46)54-20-19-50-29(41)25-40-24-26(4)30(42)38-35(40)47)23-28(32(44)52-17-15-48-8)21-27(31(43)51-14-13-39(11-2)12-3)22-36(5,6)33(45)53-18-16-49-9/h24,27-28H,10-23,25H2,1-9H3,(H,38,42,47). The number of rotatable bonds is 27. The van der Waals surface area contributed by atoms with Gasteiger partial charge in [-0.15, -0.1) is 0 Å². The quantitative estimate of drug-likeness (QED) is 0.0771. The SMILES string of the molecule is CCN(CC)CCOC(=O)C(CC(CC(C)(CC)C(=O)OCCOC(=O)Cn1cc(C)c(=O)[nH]c1=O)C(=O)OCCOC)CC(C)(C)C(=O)OCCOC. The van der Waals surface area contributed by atoms with Crippen LogP contribution < -0.4 is 11.2 Å². The molecule has 1 N–H and O–H groups in total. The minimum Gasteiger partial charge on any atom is -0.464 e. The van der Waals surface area contributed by atoms with Crippen molar-refractivity contribution in [2.45, 2.75) is 80.7 Å². The van der Waals surface area contributed by atoms with Crippen molar-refractivity contribution in [3.63, 3.8) is 0 Å². The van der Waals surface area contributed by atoms with Gasteiger partial charge in [0.1, 0.15) is 39.6 Å². The zero-order chi connectivity index (χ0) is 40.9. The van der Waals surface area contributed by atoms with E-state index in [4.69, 9.17) is 33.2 Å². The molecule has 17 heteroatoms. The van der Waals surface area contributed by atoms with Gasteiger partial charge < -0.3 is 38.1 Å². The lowest BCUT2D eigenvalue weighted by atomic mass is 9.73. The van der Waals surface area contributed by atoms with Gasteiger partial charge in [-0.1, -0.05) is 20.8 Å². The van der Waals surface area contributed by atoms with Gasteiger partial charge in [-0.2, -0.15) is 0 Å². The van der Waals surface area contributed by atoms with Gasteiger partial charge >= 0.3 is 35.5 Å². The molecule has 0 fully saturated rings. The van der Waals surface area contributed by atoms with Crippen LogP contribution in [-0.2, 0) is 63.7 Å². The first kappa shape index (κ1) is 47.9. The molecule has 3 unspecified atom stereocenters. The summed E-state index contributed by atoms with van der Waals surface area (Å²) in [6.07, 6.45) is 1.27. The molecule has 0 saturated heterocycles. The fourth-order valence-corrected chi connectivity index (χ4v) is 5.56. The summed E-state index contributed by atoms with van der Waals surface area (Å²) in [5.74, 6) is -5.25. The van der Waals surface area contributed by atoms with Gasteiger partial charge in [0.2, 0.25) is 0 Å². The van der Waals surface area contributed by atoms with E-state index in [0.29, 0.717) is 6.54 Å². The van der Waals surface area contributed by atoms with Gasteiger partial charge in [0.05, 0.1) is 35.9 Å². The molecule has 54 heavy (non-hydrogen) atoms. The molecule has 3 atom stereocenters. The van der Waals surface area contributed by atoms with E-state index in [2.05, 4.69) is 9.88 Å². The minimum atomic E-state index is -1.25. The van der Waals surface area contributed by atoms with Crippen LogP contribution in [0.25, 0.3) is 0 Å². The Labute approximate surface area is 317 Å². The molecule has 0 aliphatic heterocycles. The Balaban J connectivity index is 3.20. The van der Waals surface area contributed by atoms with Gasteiger partial charge in [-0.25, -0.2) is 4.79 Å². The summed E-state index contributed by atoms with van der Waals surface area (Å²) in [5.41, 5.74) is -3.51. The number of likely N-dealkylation sites (N-methyl/N-ethyl adjacent to an activating group) is 1. The number of esters is 5. The highest BCUT2D eigenvalue weighted by Gasteiger charge is 2.43. The summed E-state index contributed by atoms with van der Waals surface area (Å²) in [6.45, 7) is 13.4. The highest BCUT2D eigenvalue weighted by atomic mass is 16.6. The van der Waals surface area contributed by atoms with Crippen molar-refractivity contribution in [2.75, 3.05) is 80.1 Å². The summed E-state index contributed by atoms with van der Waals surface area (Å²) in [7, 11) is 2.93. The number of hydrogen-bond donors (Lipinski definition) is 1. The first-order valence-corrected chi connectivity index (χ1v) is 18.3. The van der Waals surface area contributed by atoms with Crippen LogP contribution in [0.15, 0.2) is 15.8 Å². The molecule has 0 aromatic carbocycles. The second-order valence-corrected chi connectivity index (χ2v) is 13.9. The number of aromatic amines is 1. The lowest BCUT2D eigenvalue weighted by Crippen LogP contribution is -2.39. The lowest BCUT2D eigenvalue weighted by molar-refractivity contribution is -0.164. The molecule has 0 aliphatic rings. The van der Waals surface area contributed by atoms with E-state index in [1.165, 1.54) is 27.3 Å². The maximum atomic E-state index is 13.7. The summed E-state index contributed by atoms with van der Waals surface area (Å²) in [4.78, 5) is 94.0. The molecule has 1 heterocycles. The molecular weight excluding hydrogens is 710 g/mol. The molecule has 1 rings (SSSR count). The molecule has 0 amide bonds. The van der Waals surface area contributed by atoms with Crippen LogP contribution in [0, 0.1) is 29.6 Å². The molecule has 0 spiro atoms. The van der Waals surface area contributed by atoms with Crippen LogP contribution in [0.2, 0.25) is 0 Å². The van der Waals surface area contributed by atoms with Crippen LogP contribution >= 0.6 is 0 Å². The monoisotopic (exact) mass is 771 g/mol. The Hall–Kier alpha value is -4.09. The highest BCUT2D eigenvalue weighted by molar-refractivity contribution is 5.81. The van der Waals surface area contributed by atoms with E-state index in [-0.39, 0.29) is 77.5 Å². The Morgan fingerprint density at radius 3 is 1.83 bits per heavy atom. The molecule has 0 radical (unpaired) electrons. The maximum Gasteiger partial charge on any atom is 0.328 e. The smallest absolute Gasteiger partial charge is 0.328 e. The Morgan fingerprint density at radius 1 is 0.741 bits per heavy atom. The average molecular weight is 772 g/mol. The number of ether oxygens (including phenoxy) is 7. The molecule has 0 saturated carbocycles. The second-order valence-electron chi connectivity index (χ2n) is 13.9. The Morgan fingerprint density at radius 2 is 1.26 bits per heavy atom. The van der Waals surface area contributed by atoms with Gasteiger partial charge in [-0.3, -0.25) is 38.3 Å². The Bertz CT molecular complexity index is 1470. The number of methoxy groups -OCH3 is 2. The molecule has 1 aromatic heterocycles. The number of H-pyrrole nitrogens is 1. The third kappa shape index (κ3) is 16.5. The zero-order valence-corrected chi connectivity index (χ0v) is 33.4. The van der Waals surface area contributed by atoms with E-state index in [1.807, 2.05) is 13.8 Å². The van der Waals surface area contributed by atoms with Crippen molar-refractivity contribution < 1.29 is 57.1 Å². The number of aromatic nitrogens is 2. The number of hydrogen-bond acceptors (Lipinski definition) is 15. The maximum absolute atomic E-state index is 13.7. The van der Waals surface area contributed by atoms with Crippen molar-refractivity contribution in [2.24, 2.45) is 22.7 Å². The van der Waals surface area contributed by atoms with Crippen LogP contribution in [0.4, 0.5) is 0 Å². The fraction of sp³-hybridized carbons (Fsp3) is 0.757. The third-order valence-corrected chi connectivity index (χ3v) is 9.18. The van der Waals surface area contributed by atoms with Crippen molar-refractivity contribution in [3.8, 4) is 0 Å². The van der Waals surface area contributed by atoms with Gasteiger partial charge in [0.25, 0.3) is 5.56 Å². The summed E-state index contributed by atoms with van der Waals surface area (Å²) < 4.78 is 38.2. The molecule has 308 valence electrons. The Kier molecular flexibility index (Phi) is 21.6. The van der Waals surface area contributed by atoms with Crippen molar-refractivity contribution in [1.29, 1.82) is 0 Å². The predicted molar refractivity (Wildman–Crippen MR) is 195 cm³/mol. The number of nitrogens with one attached hydrogen (secondary N) is 1. The van der Waals surface area contributed by atoms with Crippen molar-refractivity contribution >= 4 is 29.8 Å². The lowest BCUT2D eigenvalue weighted by Gasteiger charge is -2.32. The van der Waals surface area contributed by atoms with Gasteiger partial charge in [0.15, 0.2) is 0 Å². The molecule has 0 aliphatic carbocycles. The van der Waals surface area contributed by atoms with E-state index in [9.17, 15) is 33.6 Å². The minimum absolute atomic E-state index is 0.0197. The van der Waals surface area contributed by atoms with Crippen LogP contribution in [0.5, 0.6) is 0 Å². The molecular formula is C37H61N3O14. The number of aryl methyl sites for hydroxylation is 1. The average Bonchev–Trinajstić information content (AvgIpc) is 3.13. The van der Waals surface area contributed by atoms with E-state index < -0.39 is 70.3 Å². The van der Waals surface area contributed by atoms with Gasteiger partial charge in [-0.05, 0) is 66.5 Å². The molecule has 1 aromatic rings. The molecule has 17 nitrogen and oxygen atoms in total. The number of nitrogens with zero attached hydrogens (tertiary/aromatic N) is 2. The van der Waals surface area contributed by atoms with Crippen LogP contribution in [0.3, 0.4) is 0 Å². The van der Waals surface area contributed by atoms with E-state index in [0.717, 1.165) is 17.7 Å². The second kappa shape index (κ2) is 24.3. The van der Waals surface area contributed by atoms with Crippen molar-refractivity contribution in [1.82, 2.24) is 14.5 Å². The number of carbonyl (C=O) groups excluding carboxylic acids is 5. The van der Waals surface area contributed by atoms with Crippen LogP contribution in [-0.4, -0.2) is 124 Å². The van der Waals surface area contributed by atoms with E-state index >= 15 is 0 Å². The third-order valence-electron chi connectivity index (χ3n) is 9.18. The fourth-order valence-electron chi connectivity index (χ4n) is 5.56. The van der Waals surface area contributed by atoms with Crippen molar-refractivity contribution in [3.05, 3.63) is 32.6 Å². The van der Waals surface area contributed by atoms with Crippen LogP contribution in [0.1, 0.15) is 72.8 Å². The summed E-state index contributed by atoms with van der Waals surface area (Å²) in [6, 6.07) is 0. The topological polar surface area (TPSA) is 208 Å². The molecule has 0 bridgehead atoms. The largest absolute Gasteiger partial charge is 0.464 e. The van der Waals surface area contributed by atoms with E-state index in [1.54, 1.807) is 27.7 Å². The number of carbonyl (C=O) groups is 5. The summed E-state index contributed by atoms with van der Waals surface area (Å²) >= 11 is 0. The first-order valence-electron chi connectivity index (χ1n) is 18.3. The first-order chi connectivity index (χ1) is 25.5. The summed E-state index contributed by atoms with van der Waals surface area (Å²) in [5, 5.41) is 0. The normalized spacial score (nSPS) is 13.7. The predicted octanol–water partition coefficient (Wildman–Crippen LogP) is 2.04.